The summed E-state index contributed by atoms with van der Waals surface area (Å²) in [5.74, 6) is 1.63. The molecule has 8 heteroatoms. The fourth-order valence-electron chi connectivity index (χ4n) is 1.90. The number of rotatable bonds is 9. The normalized spacial score (nSPS) is 10.4. The lowest BCUT2D eigenvalue weighted by atomic mass is 10.3. The Labute approximate surface area is 150 Å². The van der Waals surface area contributed by atoms with Gasteiger partial charge in [-0.05, 0) is 31.2 Å². The molecule has 1 heterocycles. The molecule has 0 atom stereocenters. The van der Waals surface area contributed by atoms with Gasteiger partial charge < -0.3 is 10.1 Å². The van der Waals surface area contributed by atoms with Gasteiger partial charge in [0.15, 0.2) is 11.0 Å². The van der Waals surface area contributed by atoms with Gasteiger partial charge in [0.2, 0.25) is 5.91 Å². The molecule has 0 fully saturated rings. The van der Waals surface area contributed by atoms with E-state index in [1.807, 2.05) is 11.5 Å². The fraction of sp³-hybridized carbons (Fsp3) is 0.312. The summed E-state index contributed by atoms with van der Waals surface area (Å²) in [6.45, 7) is 7.06. The predicted octanol–water partition coefficient (Wildman–Crippen LogP) is 2.92. The van der Waals surface area contributed by atoms with Gasteiger partial charge in [-0.15, -0.1) is 16.8 Å². The van der Waals surface area contributed by atoms with Crippen LogP contribution in [0.1, 0.15) is 12.7 Å². The smallest absolute Gasteiger partial charge is 0.230 e. The van der Waals surface area contributed by atoms with Crippen LogP contribution in [0.4, 0.5) is 0 Å². The van der Waals surface area contributed by atoms with Crippen molar-refractivity contribution in [2.45, 2.75) is 25.2 Å². The first-order chi connectivity index (χ1) is 11.6. The van der Waals surface area contributed by atoms with Crippen LogP contribution < -0.4 is 10.1 Å². The topological polar surface area (TPSA) is 69.0 Å². The predicted molar refractivity (Wildman–Crippen MR) is 95.4 cm³/mol. The zero-order valence-corrected chi connectivity index (χ0v) is 14.9. The summed E-state index contributed by atoms with van der Waals surface area (Å²) in [6.07, 6.45) is 1.76. The molecular weight excluding hydrogens is 348 g/mol. The van der Waals surface area contributed by atoms with Gasteiger partial charge in [0.05, 0.1) is 5.75 Å². The Bertz CT molecular complexity index is 688. The number of amides is 1. The van der Waals surface area contributed by atoms with Crippen molar-refractivity contribution in [2.75, 3.05) is 12.3 Å². The molecule has 0 saturated carbocycles. The summed E-state index contributed by atoms with van der Waals surface area (Å²) in [5.41, 5.74) is 0. The molecule has 1 N–H and O–H groups in total. The van der Waals surface area contributed by atoms with Crippen LogP contribution in [-0.2, 0) is 17.9 Å². The molecule has 0 aliphatic rings. The summed E-state index contributed by atoms with van der Waals surface area (Å²) in [5, 5.41) is 12.4. The molecule has 0 bridgehead atoms. The van der Waals surface area contributed by atoms with Crippen LogP contribution in [0, 0.1) is 0 Å². The Morgan fingerprint density at radius 2 is 2.17 bits per heavy atom. The van der Waals surface area contributed by atoms with E-state index in [-0.39, 0.29) is 12.5 Å². The quantitative estimate of drug-likeness (QED) is 0.546. The Morgan fingerprint density at radius 1 is 1.42 bits per heavy atom. The highest BCUT2D eigenvalue weighted by atomic mass is 35.5. The number of ether oxygens (including phenoxy) is 1. The van der Waals surface area contributed by atoms with Crippen LogP contribution in [0.25, 0.3) is 0 Å². The third-order valence-corrected chi connectivity index (χ3v) is 4.21. The molecule has 6 nitrogen and oxygen atoms in total. The van der Waals surface area contributed by atoms with Gasteiger partial charge in [-0.25, -0.2) is 0 Å². The molecule has 1 amide bonds. The second-order valence-corrected chi connectivity index (χ2v) is 6.16. The molecule has 0 unspecified atom stereocenters. The minimum absolute atomic E-state index is 0.0328. The van der Waals surface area contributed by atoms with Crippen LogP contribution >= 0.6 is 23.4 Å². The summed E-state index contributed by atoms with van der Waals surface area (Å²) in [7, 11) is 0. The van der Waals surface area contributed by atoms with Gasteiger partial charge in [-0.3, -0.25) is 9.36 Å². The second kappa shape index (κ2) is 9.34. The molecule has 24 heavy (non-hydrogen) atoms. The first kappa shape index (κ1) is 18.4. The highest BCUT2D eigenvalue weighted by Gasteiger charge is 2.13. The Balaban J connectivity index is 2.02. The van der Waals surface area contributed by atoms with Crippen LogP contribution in [-0.4, -0.2) is 33.0 Å². The van der Waals surface area contributed by atoms with Crippen LogP contribution in [0.2, 0.25) is 5.02 Å². The lowest BCUT2D eigenvalue weighted by Gasteiger charge is -2.09. The number of halogens is 1. The van der Waals surface area contributed by atoms with E-state index in [1.165, 1.54) is 11.8 Å². The van der Waals surface area contributed by atoms with Crippen molar-refractivity contribution in [1.29, 1.82) is 0 Å². The number of carbonyl (C=O) groups is 1. The number of thioether (sulfide) groups is 1. The number of aromatic nitrogens is 3. The van der Waals surface area contributed by atoms with E-state index in [1.54, 1.807) is 30.3 Å². The molecule has 0 saturated heterocycles. The Morgan fingerprint density at radius 3 is 2.83 bits per heavy atom. The summed E-state index contributed by atoms with van der Waals surface area (Å²) in [4.78, 5) is 11.6. The number of nitrogens with zero attached hydrogens (tertiary/aromatic N) is 3. The Hall–Kier alpha value is -1.99. The van der Waals surface area contributed by atoms with E-state index < -0.39 is 0 Å². The molecule has 1 aromatic heterocycles. The standard InChI is InChI=1S/C16H19ClN4O2S/c1-3-9-21-14(10-23-13-7-5-12(17)6-8-13)19-20-16(21)24-11-15(22)18-4-2/h3,5-8H,1,4,9-11H2,2H3,(H,18,22). The summed E-state index contributed by atoms with van der Waals surface area (Å²) in [6, 6.07) is 7.11. The minimum Gasteiger partial charge on any atom is -0.486 e. The lowest BCUT2D eigenvalue weighted by molar-refractivity contribution is -0.118. The zero-order chi connectivity index (χ0) is 17.4. The number of carbonyl (C=O) groups excluding carboxylic acids is 1. The largest absolute Gasteiger partial charge is 0.486 e. The molecule has 1 aromatic carbocycles. The van der Waals surface area contributed by atoms with Crippen molar-refractivity contribution < 1.29 is 9.53 Å². The second-order valence-electron chi connectivity index (χ2n) is 4.78. The molecule has 0 aliphatic carbocycles. The number of hydrogen-bond acceptors (Lipinski definition) is 5. The van der Waals surface area contributed by atoms with Crippen molar-refractivity contribution >= 4 is 29.3 Å². The summed E-state index contributed by atoms with van der Waals surface area (Å²) >= 11 is 7.19. The van der Waals surface area contributed by atoms with Crippen LogP contribution in [0.5, 0.6) is 5.75 Å². The van der Waals surface area contributed by atoms with E-state index >= 15 is 0 Å². The molecule has 2 aromatic rings. The van der Waals surface area contributed by atoms with Gasteiger partial charge in [0, 0.05) is 18.1 Å². The third-order valence-electron chi connectivity index (χ3n) is 2.99. The van der Waals surface area contributed by atoms with Crippen molar-refractivity contribution in [3.8, 4) is 5.75 Å². The fourth-order valence-corrected chi connectivity index (χ4v) is 2.82. The molecular formula is C16H19ClN4O2S. The van der Waals surface area contributed by atoms with Crippen LogP contribution in [0.15, 0.2) is 42.1 Å². The maximum absolute atomic E-state index is 11.6. The molecule has 2 rings (SSSR count). The maximum Gasteiger partial charge on any atom is 0.230 e. The minimum atomic E-state index is -0.0328. The molecule has 128 valence electrons. The van der Waals surface area contributed by atoms with E-state index in [0.29, 0.717) is 40.6 Å². The molecule has 0 radical (unpaired) electrons. The summed E-state index contributed by atoms with van der Waals surface area (Å²) < 4.78 is 7.59. The van der Waals surface area contributed by atoms with Gasteiger partial charge >= 0.3 is 0 Å². The third kappa shape index (κ3) is 5.28. The SMILES string of the molecule is C=CCn1c(COc2ccc(Cl)cc2)nnc1SCC(=O)NCC. The number of allylic oxidation sites excluding steroid dienone is 1. The van der Waals surface area contributed by atoms with E-state index in [2.05, 4.69) is 22.1 Å². The number of nitrogens with one attached hydrogen (secondary N) is 1. The van der Waals surface area contributed by atoms with Crippen LogP contribution in [0.3, 0.4) is 0 Å². The Kier molecular flexibility index (Phi) is 7.14. The van der Waals surface area contributed by atoms with Gasteiger partial charge in [-0.1, -0.05) is 29.4 Å². The van der Waals surface area contributed by atoms with Crippen molar-refractivity contribution in [3.63, 3.8) is 0 Å². The van der Waals surface area contributed by atoms with Crippen molar-refractivity contribution in [1.82, 2.24) is 20.1 Å². The van der Waals surface area contributed by atoms with E-state index in [4.69, 9.17) is 16.3 Å². The van der Waals surface area contributed by atoms with Gasteiger partial charge in [-0.2, -0.15) is 0 Å². The molecule has 0 spiro atoms. The van der Waals surface area contributed by atoms with E-state index in [9.17, 15) is 4.79 Å². The van der Waals surface area contributed by atoms with Gasteiger partial charge in [0.1, 0.15) is 12.4 Å². The lowest BCUT2D eigenvalue weighted by Crippen LogP contribution is -2.24. The average molecular weight is 367 g/mol. The highest BCUT2D eigenvalue weighted by Crippen LogP contribution is 2.20. The van der Waals surface area contributed by atoms with Crippen molar-refractivity contribution in [2.24, 2.45) is 0 Å². The highest BCUT2D eigenvalue weighted by molar-refractivity contribution is 7.99. The first-order valence-corrected chi connectivity index (χ1v) is 8.81. The average Bonchev–Trinajstić information content (AvgIpc) is 2.95. The monoisotopic (exact) mass is 366 g/mol. The number of hydrogen-bond donors (Lipinski definition) is 1. The zero-order valence-electron chi connectivity index (χ0n) is 13.4. The van der Waals surface area contributed by atoms with E-state index in [0.717, 1.165) is 0 Å². The van der Waals surface area contributed by atoms with Crippen molar-refractivity contribution in [3.05, 3.63) is 47.8 Å². The number of benzene rings is 1. The first-order valence-electron chi connectivity index (χ1n) is 7.44. The molecule has 0 aliphatic heterocycles. The van der Waals surface area contributed by atoms with Gasteiger partial charge in [0.25, 0.3) is 0 Å². The maximum atomic E-state index is 11.6.